The quantitative estimate of drug-likeness (QED) is 0.929. The summed E-state index contributed by atoms with van der Waals surface area (Å²) in [7, 11) is 0. The van der Waals surface area contributed by atoms with Gasteiger partial charge in [-0.05, 0) is 39.0 Å². The summed E-state index contributed by atoms with van der Waals surface area (Å²) in [6.45, 7) is 5.11. The molecule has 0 unspecified atom stereocenters. The van der Waals surface area contributed by atoms with Crippen LogP contribution in [0.4, 0.5) is 4.39 Å². The van der Waals surface area contributed by atoms with Gasteiger partial charge in [-0.2, -0.15) is 0 Å². The fraction of sp³-hybridized carbons (Fsp3) is 0.286. The van der Waals surface area contributed by atoms with Crippen LogP contribution in [0, 0.1) is 12.7 Å². The molecule has 1 heterocycles. The van der Waals surface area contributed by atoms with Gasteiger partial charge in [0.05, 0.1) is 11.8 Å². The minimum absolute atomic E-state index is 0.0647. The Morgan fingerprint density at radius 1 is 1.45 bits per heavy atom. The number of aromatic carboxylic acids is 1. The Labute approximate surface area is 115 Å². The van der Waals surface area contributed by atoms with Crippen LogP contribution in [-0.4, -0.2) is 22.2 Å². The Hall–Kier alpha value is -2.37. The molecule has 0 atom stereocenters. The lowest BCUT2D eigenvalue weighted by Crippen LogP contribution is -2.06. The number of ether oxygens (including phenoxy) is 1. The second-order valence-corrected chi connectivity index (χ2v) is 4.55. The molecule has 0 aliphatic heterocycles. The predicted molar refractivity (Wildman–Crippen MR) is 69.4 cm³/mol. The van der Waals surface area contributed by atoms with E-state index in [1.807, 2.05) is 0 Å². The standard InChI is InChI=1S/C14H14FNO4/c1-7(2)19-11-5-4-9(6-10(11)15)13-16-8(3)12(20-13)14(17)18/h4-7H,1-3H3,(H,17,18). The van der Waals surface area contributed by atoms with E-state index < -0.39 is 11.8 Å². The number of aryl methyl sites for hydroxylation is 1. The van der Waals surface area contributed by atoms with Crippen molar-refractivity contribution in [3.8, 4) is 17.2 Å². The summed E-state index contributed by atoms with van der Waals surface area (Å²) in [5, 5.41) is 8.90. The monoisotopic (exact) mass is 279 g/mol. The maximum absolute atomic E-state index is 13.9. The zero-order valence-corrected chi connectivity index (χ0v) is 11.3. The summed E-state index contributed by atoms with van der Waals surface area (Å²) in [6.07, 6.45) is -0.141. The average molecular weight is 279 g/mol. The predicted octanol–water partition coefficient (Wildman–Crippen LogP) is 3.27. The summed E-state index contributed by atoms with van der Waals surface area (Å²) in [4.78, 5) is 14.9. The number of oxazole rings is 1. The highest BCUT2D eigenvalue weighted by atomic mass is 19.1. The minimum Gasteiger partial charge on any atom is -0.488 e. The van der Waals surface area contributed by atoms with Gasteiger partial charge in [-0.1, -0.05) is 0 Å². The lowest BCUT2D eigenvalue weighted by molar-refractivity contribution is 0.0662. The lowest BCUT2D eigenvalue weighted by Gasteiger charge is -2.10. The molecular weight excluding hydrogens is 265 g/mol. The molecule has 0 fully saturated rings. The highest BCUT2D eigenvalue weighted by molar-refractivity contribution is 5.86. The molecule has 1 N–H and O–H groups in total. The summed E-state index contributed by atoms with van der Waals surface area (Å²) < 4.78 is 24.3. The number of carbonyl (C=O) groups is 1. The van der Waals surface area contributed by atoms with Gasteiger partial charge in [-0.15, -0.1) is 0 Å². The first-order valence-corrected chi connectivity index (χ1v) is 6.05. The van der Waals surface area contributed by atoms with E-state index in [0.29, 0.717) is 5.56 Å². The van der Waals surface area contributed by atoms with Gasteiger partial charge in [-0.3, -0.25) is 0 Å². The van der Waals surface area contributed by atoms with Crippen LogP contribution in [0.3, 0.4) is 0 Å². The van der Waals surface area contributed by atoms with E-state index in [9.17, 15) is 9.18 Å². The van der Waals surface area contributed by atoms with Crippen LogP contribution in [0.5, 0.6) is 5.75 Å². The van der Waals surface area contributed by atoms with Crippen molar-refractivity contribution >= 4 is 5.97 Å². The van der Waals surface area contributed by atoms with Crippen molar-refractivity contribution in [2.75, 3.05) is 0 Å². The van der Waals surface area contributed by atoms with E-state index in [-0.39, 0.29) is 29.2 Å². The number of hydrogen-bond acceptors (Lipinski definition) is 4. The molecule has 0 saturated heterocycles. The van der Waals surface area contributed by atoms with Crippen molar-refractivity contribution in [3.63, 3.8) is 0 Å². The Kier molecular flexibility index (Phi) is 3.74. The second kappa shape index (κ2) is 5.32. The molecular formula is C14H14FNO4. The minimum atomic E-state index is -1.21. The largest absolute Gasteiger partial charge is 0.488 e. The van der Waals surface area contributed by atoms with Gasteiger partial charge in [0.15, 0.2) is 11.6 Å². The van der Waals surface area contributed by atoms with E-state index >= 15 is 0 Å². The molecule has 106 valence electrons. The first kappa shape index (κ1) is 14.0. The second-order valence-electron chi connectivity index (χ2n) is 4.55. The third-order valence-corrected chi connectivity index (χ3v) is 2.53. The van der Waals surface area contributed by atoms with Crippen LogP contribution in [0.1, 0.15) is 30.1 Å². The van der Waals surface area contributed by atoms with Gasteiger partial charge < -0.3 is 14.3 Å². The topological polar surface area (TPSA) is 72.6 Å². The Bertz CT molecular complexity index is 649. The third-order valence-electron chi connectivity index (χ3n) is 2.53. The molecule has 0 saturated carbocycles. The Balaban J connectivity index is 2.36. The molecule has 0 amide bonds. The van der Waals surface area contributed by atoms with Gasteiger partial charge in [0.2, 0.25) is 11.7 Å². The number of aromatic nitrogens is 1. The summed E-state index contributed by atoms with van der Waals surface area (Å²) >= 11 is 0. The molecule has 0 bridgehead atoms. The van der Waals surface area contributed by atoms with Crippen LogP contribution < -0.4 is 4.74 Å². The van der Waals surface area contributed by atoms with Crippen LogP contribution in [0.15, 0.2) is 22.6 Å². The number of hydrogen-bond donors (Lipinski definition) is 1. The molecule has 5 nitrogen and oxygen atoms in total. The van der Waals surface area contributed by atoms with E-state index in [1.54, 1.807) is 19.9 Å². The third kappa shape index (κ3) is 2.79. The Morgan fingerprint density at radius 3 is 2.65 bits per heavy atom. The highest BCUT2D eigenvalue weighted by Crippen LogP contribution is 2.27. The highest BCUT2D eigenvalue weighted by Gasteiger charge is 2.18. The van der Waals surface area contributed by atoms with E-state index in [0.717, 1.165) is 0 Å². The van der Waals surface area contributed by atoms with Crippen molar-refractivity contribution in [1.82, 2.24) is 4.98 Å². The normalized spacial score (nSPS) is 10.8. The van der Waals surface area contributed by atoms with Crippen LogP contribution >= 0.6 is 0 Å². The molecule has 0 aliphatic rings. The van der Waals surface area contributed by atoms with Crippen molar-refractivity contribution in [1.29, 1.82) is 0 Å². The fourth-order valence-electron chi connectivity index (χ4n) is 1.70. The van der Waals surface area contributed by atoms with Gasteiger partial charge >= 0.3 is 5.97 Å². The maximum atomic E-state index is 13.9. The molecule has 6 heteroatoms. The van der Waals surface area contributed by atoms with Crippen molar-refractivity contribution in [2.24, 2.45) is 0 Å². The first-order valence-electron chi connectivity index (χ1n) is 6.05. The zero-order chi connectivity index (χ0) is 14.9. The molecule has 0 radical (unpaired) electrons. The molecule has 0 spiro atoms. The van der Waals surface area contributed by atoms with Crippen LogP contribution in [0.2, 0.25) is 0 Å². The average Bonchev–Trinajstić information content (AvgIpc) is 2.73. The van der Waals surface area contributed by atoms with Gasteiger partial charge in [0.1, 0.15) is 0 Å². The Morgan fingerprint density at radius 2 is 2.15 bits per heavy atom. The fourth-order valence-corrected chi connectivity index (χ4v) is 1.70. The van der Waals surface area contributed by atoms with Crippen molar-refractivity contribution in [3.05, 3.63) is 35.5 Å². The molecule has 1 aromatic heterocycles. The number of benzene rings is 1. The van der Waals surface area contributed by atoms with Gasteiger partial charge in [-0.25, -0.2) is 14.2 Å². The first-order chi connectivity index (χ1) is 9.38. The van der Waals surface area contributed by atoms with E-state index in [2.05, 4.69) is 4.98 Å². The van der Waals surface area contributed by atoms with E-state index in [4.69, 9.17) is 14.3 Å². The van der Waals surface area contributed by atoms with Crippen molar-refractivity contribution < 1.29 is 23.4 Å². The van der Waals surface area contributed by atoms with Crippen LogP contribution in [0.25, 0.3) is 11.5 Å². The summed E-state index contributed by atoms with van der Waals surface area (Å²) in [5.74, 6) is -1.81. The zero-order valence-electron chi connectivity index (χ0n) is 11.3. The number of carboxylic acids is 1. The molecule has 20 heavy (non-hydrogen) atoms. The number of nitrogens with zero attached hydrogens (tertiary/aromatic N) is 1. The molecule has 2 rings (SSSR count). The number of carboxylic acid groups (broad SMARTS) is 1. The summed E-state index contributed by atoms with van der Waals surface area (Å²) in [6, 6.07) is 4.23. The summed E-state index contributed by atoms with van der Waals surface area (Å²) in [5.41, 5.74) is 0.602. The van der Waals surface area contributed by atoms with Gasteiger partial charge in [0.25, 0.3) is 0 Å². The van der Waals surface area contributed by atoms with E-state index in [1.165, 1.54) is 19.1 Å². The smallest absolute Gasteiger partial charge is 0.373 e. The van der Waals surface area contributed by atoms with Gasteiger partial charge in [0, 0.05) is 5.56 Å². The molecule has 1 aromatic carbocycles. The SMILES string of the molecule is Cc1nc(-c2ccc(OC(C)C)c(F)c2)oc1C(=O)O. The number of halogens is 1. The molecule has 2 aromatic rings. The number of rotatable bonds is 4. The van der Waals surface area contributed by atoms with Crippen LogP contribution in [-0.2, 0) is 0 Å². The maximum Gasteiger partial charge on any atom is 0.373 e. The molecule has 0 aliphatic carbocycles. The van der Waals surface area contributed by atoms with Crippen molar-refractivity contribution in [2.45, 2.75) is 26.9 Å². The lowest BCUT2D eigenvalue weighted by atomic mass is 10.2.